The summed E-state index contributed by atoms with van der Waals surface area (Å²) in [4.78, 5) is 7.09. The lowest BCUT2D eigenvalue weighted by molar-refractivity contribution is -0.0340. The van der Waals surface area contributed by atoms with Crippen LogP contribution >= 0.6 is 11.6 Å². The summed E-state index contributed by atoms with van der Waals surface area (Å²) in [7, 11) is 0. The number of nitrogens with zero attached hydrogens (tertiary/aromatic N) is 3. The summed E-state index contributed by atoms with van der Waals surface area (Å²) in [5, 5.41) is 0. The highest BCUT2D eigenvalue weighted by atomic mass is 35.5. The number of rotatable bonds is 4. The SMILES string of the molecule is CCN1CCOC(Cn2c(CCl)nc3cc(C)ccc32)C1. The number of fused-ring (bicyclic) bond motifs is 1. The van der Waals surface area contributed by atoms with E-state index in [0.29, 0.717) is 5.88 Å². The van der Waals surface area contributed by atoms with E-state index in [0.717, 1.165) is 49.6 Å². The first-order valence-electron chi connectivity index (χ1n) is 7.57. The molecule has 1 atom stereocenters. The lowest BCUT2D eigenvalue weighted by Crippen LogP contribution is -2.44. The van der Waals surface area contributed by atoms with Crippen molar-refractivity contribution >= 4 is 22.6 Å². The third kappa shape index (κ3) is 3.07. The summed E-state index contributed by atoms with van der Waals surface area (Å²) in [6.07, 6.45) is 0.208. The first kappa shape index (κ1) is 14.8. The molecule has 2 heterocycles. The fraction of sp³-hybridized carbons (Fsp3) is 0.562. The Morgan fingerprint density at radius 1 is 1.43 bits per heavy atom. The smallest absolute Gasteiger partial charge is 0.124 e. The lowest BCUT2D eigenvalue weighted by Gasteiger charge is -2.32. The van der Waals surface area contributed by atoms with Crippen molar-refractivity contribution in [1.82, 2.24) is 14.5 Å². The molecule has 0 radical (unpaired) electrons. The van der Waals surface area contributed by atoms with Gasteiger partial charge in [-0.1, -0.05) is 13.0 Å². The number of halogens is 1. The second-order valence-corrected chi connectivity index (χ2v) is 5.92. The van der Waals surface area contributed by atoms with Gasteiger partial charge in [-0.15, -0.1) is 11.6 Å². The molecule has 0 bridgehead atoms. The van der Waals surface area contributed by atoms with Gasteiger partial charge in [-0.25, -0.2) is 4.98 Å². The molecule has 2 aromatic rings. The molecule has 114 valence electrons. The van der Waals surface area contributed by atoms with Crippen molar-refractivity contribution < 1.29 is 4.74 Å². The predicted octanol–water partition coefficient (Wildman–Crippen LogP) is 2.80. The van der Waals surface area contributed by atoms with E-state index in [1.165, 1.54) is 5.56 Å². The average molecular weight is 308 g/mol. The standard InChI is InChI=1S/C16H22ClN3O/c1-3-19-6-7-21-13(10-19)11-20-15-5-4-12(2)8-14(15)18-16(20)9-17/h4-5,8,13H,3,6-7,9-11H2,1-2H3. The topological polar surface area (TPSA) is 30.3 Å². The van der Waals surface area contributed by atoms with Gasteiger partial charge in [0.1, 0.15) is 5.82 Å². The number of ether oxygens (including phenoxy) is 1. The Morgan fingerprint density at radius 2 is 2.29 bits per heavy atom. The van der Waals surface area contributed by atoms with Gasteiger partial charge in [0.25, 0.3) is 0 Å². The molecule has 0 N–H and O–H groups in total. The number of aryl methyl sites for hydroxylation is 1. The van der Waals surface area contributed by atoms with Crippen LogP contribution in [0.2, 0.25) is 0 Å². The van der Waals surface area contributed by atoms with Gasteiger partial charge in [0, 0.05) is 13.1 Å². The zero-order chi connectivity index (χ0) is 14.8. The zero-order valence-corrected chi connectivity index (χ0v) is 13.4. The first-order valence-corrected chi connectivity index (χ1v) is 8.10. The molecule has 1 fully saturated rings. The monoisotopic (exact) mass is 307 g/mol. The third-order valence-corrected chi connectivity index (χ3v) is 4.40. The van der Waals surface area contributed by atoms with Crippen LogP contribution in [-0.2, 0) is 17.2 Å². The van der Waals surface area contributed by atoms with E-state index in [9.17, 15) is 0 Å². The van der Waals surface area contributed by atoms with E-state index in [1.807, 2.05) is 0 Å². The molecule has 0 saturated carbocycles. The van der Waals surface area contributed by atoms with Gasteiger partial charge in [-0.3, -0.25) is 4.90 Å². The molecule has 1 aromatic carbocycles. The normalized spacial score (nSPS) is 20.2. The van der Waals surface area contributed by atoms with Crippen molar-refractivity contribution in [3.8, 4) is 0 Å². The Hall–Kier alpha value is -1.10. The number of aromatic nitrogens is 2. The number of hydrogen-bond donors (Lipinski definition) is 0. The van der Waals surface area contributed by atoms with E-state index in [2.05, 4.69) is 46.5 Å². The second-order valence-electron chi connectivity index (χ2n) is 5.65. The molecular formula is C16H22ClN3O. The minimum atomic E-state index is 0.208. The molecular weight excluding hydrogens is 286 g/mol. The van der Waals surface area contributed by atoms with Gasteiger partial charge >= 0.3 is 0 Å². The van der Waals surface area contributed by atoms with E-state index in [1.54, 1.807) is 0 Å². The second kappa shape index (κ2) is 6.34. The van der Waals surface area contributed by atoms with Crippen LogP contribution in [0.5, 0.6) is 0 Å². The Labute approximate surface area is 130 Å². The summed E-state index contributed by atoms with van der Waals surface area (Å²) < 4.78 is 8.14. The molecule has 0 spiro atoms. The van der Waals surface area contributed by atoms with Crippen LogP contribution in [0.1, 0.15) is 18.3 Å². The van der Waals surface area contributed by atoms with Gasteiger partial charge in [-0.05, 0) is 31.2 Å². The number of benzene rings is 1. The summed E-state index contributed by atoms with van der Waals surface area (Å²) in [6.45, 7) is 8.98. The Bertz CT molecular complexity index is 625. The summed E-state index contributed by atoms with van der Waals surface area (Å²) in [5.41, 5.74) is 3.39. The van der Waals surface area contributed by atoms with E-state index in [4.69, 9.17) is 16.3 Å². The molecule has 3 rings (SSSR count). The average Bonchev–Trinajstić information content (AvgIpc) is 2.84. The van der Waals surface area contributed by atoms with Crippen molar-refractivity contribution in [3.63, 3.8) is 0 Å². The van der Waals surface area contributed by atoms with Gasteiger partial charge < -0.3 is 9.30 Å². The van der Waals surface area contributed by atoms with Crippen molar-refractivity contribution in [2.45, 2.75) is 32.4 Å². The molecule has 0 aliphatic carbocycles. The number of imidazole rings is 1. The minimum Gasteiger partial charge on any atom is -0.374 e. The Morgan fingerprint density at radius 3 is 3.05 bits per heavy atom. The molecule has 21 heavy (non-hydrogen) atoms. The van der Waals surface area contributed by atoms with Gasteiger partial charge in [0.15, 0.2) is 0 Å². The van der Waals surface area contributed by atoms with Crippen LogP contribution in [0.4, 0.5) is 0 Å². The van der Waals surface area contributed by atoms with Crippen LogP contribution in [0, 0.1) is 6.92 Å². The highest BCUT2D eigenvalue weighted by Crippen LogP contribution is 2.21. The van der Waals surface area contributed by atoms with E-state index in [-0.39, 0.29) is 6.10 Å². The van der Waals surface area contributed by atoms with Crippen molar-refractivity contribution in [3.05, 3.63) is 29.6 Å². The maximum Gasteiger partial charge on any atom is 0.124 e. The van der Waals surface area contributed by atoms with Crippen molar-refractivity contribution in [2.24, 2.45) is 0 Å². The van der Waals surface area contributed by atoms with Gasteiger partial charge in [0.2, 0.25) is 0 Å². The van der Waals surface area contributed by atoms with Crippen molar-refractivity contribution in [1.29, 1.82) is 0 Å². The maximum atomic E-state index is 6.08. The van der Waals surface area contributed by atoms with Gasteiger partial charge in [-0.2, -0.15) is 0 Å². The molecule has 1 aromatic heterocycles. The van der Waals surface area contributed by atoms with Crippen molar-refractivity contribution in [2.75, 3.05) is 26.2 Å². The number of hydrogen-bond acceptors (Lipinski definition) is 3. The molecule has 1 saturated heterocycles. The van der Waals surface area contributed by atoms with Crippen LogP contribution in [0.25, 0.3) is 11.0 Å². The summed E-state index contributed by atoms with van der Waals surface area (Å²) in [5.74, 6) is 1.35. The quantitative estimate of drug-likeness (QED) is 0.814. The summed E-state index contributed by atoms with van der Waals surface area (Å²) in [6, 6.07) is 6.37. The highest BCUT2D eigenvalue weighted by Gasteiger charge is 2.21. The van der Waals surface area contributed by atoms with E-state index >= 15 is 0 Å². The molecule has 5 heteroatoms. The predicted molar refractivity (Wildman–Crippen MR) is 85.9 cm³/mol. The summed E-state index contributed by atoms with van der Waals surface area (Å²) >= 11 is 6.08. The first-order chi connectivity index (χ1) is 10.2. The third-order valence-electron chi connectivity index (χ3n) is 4.16. The van der Waals surface area contributed by atoms with Gasteiger partial charge in [0.05, 0.1) is 36.2 Å². The zero-order valence-electron chi connectivity index (χ0n) is 12.7. The fourth-order valence-corrected chi connectivity index (χ4v) is 3.18. The molecule has 1 aliphatic rings. The maximum absolute atomic E-state index is 6.08. The number of alkyl halides is 1. The molecule has 0 amide bonds. The number of likely N-dealkylation sites (N-methyl/N-ethyl adjacent to an activating group) is 1. The minimum absolute atomic E-state index is 0.208. The van der Waals surface area contributed by atoms with Crippen LogP contribution < -0.4 is 0 Å². The van der Waals surface area contributed by atoms with Crippen LogP contribution in [-0.4, -0.2) is 46.8 Å². The van der Waals surface area contributed by atoms with Crippen LogP contribution in [0.3, 0.4) is 0 Å². The fourth-order valence-electron chi connectivity index (χ4n) is 2.98. The highest BCUT2D eigenvalue weighted by molar-refractivity contribution is 6.16. The Kier molecular flexibility index (Phi) is 4.48. The Balaban J connectivity index is 1.88. The molecule has 4 nitrogen and oxygen atoms in total. The molecule has 1 aliphatic heterocycles. The number of morpholine rings is 1. The van der Waals surface area contributed by atoms with Crippen LogP contribution in [0.15, 0.2) is 18.2 Å². The lowest BCUT2D eigenvalue weighted by atomic mass is 10.2. The van der Waals surface area contributed by atoms with E-state index < -0.39 is 0 Å². The largest absolute Gasteiger partial charge is 0.374 e. The molecule has 1 unspecified atom stereocenters.